The van der Waals surface area contributed by atoms with Gasteiger partial charge in [-0.1, -0.05) is 27.7 Å². The van der Waals surface area contributed by atoms with E-state index in [0.717, 1.165) is 16.2 Å². The van der Waals surface area contributed by atoms with Gasteiger partial charge in [0.25, 0.3) is 10.0 Å². The molecule has 1 aliphatic rings. The van der Waals surface area contributed by atoms with Crippen LogP contribution in [0.4, 0.5) is 0 Å². The molecule has 5 nitrogen and oxygen atoms in total. The summed E-state index contributed by atoms with van der Waals surface area (Å²) in [5, 5.41) is 0.246. The van der Waals surface area contributed by atoms with Crippen molar-refractivity contribution >= 4 is 48.8 Å². The Morgan fingerprint density at radius 3 is 2.58 bits per heavy atom. The Morgan fingerprint density at radius 1 is 1.37 bits per heavy atom. The fourth-order valence-corrected chi connectivity index (χ4v) is 3.99. The van der Waals surface area contributed by atoms with Crippen LogP contribution in [0.1, 0.15) is 6.92 Å². The summed E-state index contributed by atoms with van der Waals surface area (Å²) in [5.41, 5.74) is 0. The topological polar surface area (TPSA) is 66.8 Å². The summed E-state index contributed by atoms with van der Waals surface area (Å²) in [6, 6.07) is 6.22. The van der Waals surface area contributed by atoms with Crippen molar-refractivity contribution in [3.63, 3.8) is 0 Å². The van der Waals surface area contributed by atoms with Crippen LogP contribution in [-0.2, 0) is 14.8 Å². The van der Waals surface area contributed by atoms with E-state index >= 15 is 0 Å². The lowest BCUT2D eigenvalue weighted by atomic mass is 10.4. The Morgan fingerprint density at radius 2 is 2.00 bits per heavy atom. The van der Waals surface area contributed by atoms with Crippen molar-refractivity contribution in [3.05, 3.63) is 28.7 Å². The first kappa shape index (κ1) is 14.5. The maximum Gasteiger partial charge on any atom is 0.284 e. The average molecular weight is 363 g/mol. The van der Waals surface area contributed by atoms with E-state index in [9.17, 15) is 13.2 Å². The molecule has 1 aromatic rings. The highest BCUT2D eigenvalue weighted by Gasteiger charge is 2.29. The first-order chi connectivity index (χ1) is 8.94. The molecular formula is C11H11BrN2O3S2. The average Bonchev–Trinajstić information content (AvgIpc) is 2.69. The minimum Gasteiger partial charge on any atom is -0.290 e. The lowest BCUT2D eigenvalue weighted by Crippen LogP contribution is -2.29. The molecule has 0 aliphatic carbocycles. The van der Waals surface area contributed by atoms with Gasteiger partial charge in [-0.2, -0.15) is 8.42 Å². The summed E-state index contributed by atoms with van der Waals surface area (Å²) >= 11 is 4.39. The van der Waals surface area contributed by atoms with E-state index in [1.54, 1.807) is 19.1 Å². The van der Waals surface area contributed by atoms with Gasteiger partial charge in [-0.3, -0.25) is 9.69 Å². The second-order valence-electron chi connectivity index (χ2n) is 3.73. The van der Waals surface area contributed by atoms with Crippen molar-refractivity contribution in [3.8, 4) is 0 Å². The highest BCUT2D eigenvalue weighted by atomic mass is 79.9. The van der Waals surface area contributed by atoms with E-state index in [4.69, 9.17) is 0 Å². The van der Waals surface area contributed by atoms with Crippen LogP contribution >= 0.6 is 27.7 Å². The second kappa shape index (κ2) is 5.64. The smallest absolute Gasteiger partial charge is 0.284 e. The van der Waals surface area contributed by atoms with E-state index < -0.39 is 10.0 Å². The molecule has 0 aromatic heterocycles. The number of sulfonamides is 1. The van der Waals surface area contributed by atoms with Crippen LogP contribution in [0.25, 0.3) is 0 Å². The number of nitrogens with zero attached hydrogens (tertiary/aromatic N) is 2. The summed E-state index contributed by atoms with van der Waals surface area (Å²) in [6.07, 6.45) is 0. The second-order valence-corrected chi connectivity index (χ2v) is 7.19. The molecule has 1 heterocycles. The van der Waals surface area contributed by atoms with E-state index in [2.05, 4.69) is 20.3 Å². The van der Waals surface area contributed by atoms with Crippen molar-refractivity contribution in [2.75, 3.05) is 12.3 Å². The van der Waals surface area contributed by atoms with Gasteiger partial charge in [0.1, 0.15) is 0 Å². The Bertz CT molecular complexity index is 626. The number of amidine groups is 1. The zero-order chi connectivity index (χ0) is 14.0. The molecule has 1 aliphatic heterocycles. The lowest BCUT2D eigenvalue weighted by Gasteiger charge is -2.12. The van der Waals surface area contributed by atoms with Gasteiger partial charge in [0.2, 0.25) is 5.91 Å². The van der Waals surface area contributed by atoms with Crippen LogP contribution < -0.4 is 0 Å². The number of rotatable bonds is 3. The maximum absolute atomic E-state index is 12.1. The number of hydrogen-bond acceptors (Lipinski definition) is 4. The van der Waals surface area contributed by atoms with E-state index in [1.807, 2.05) is 0 Å². The zero-order valence-corrected chi connectivity index (χ0v) is 13.3. The largest absolute Gasteiger partial charge is 0.290 e. The fourth-order valence-electron chi connectivity index (χ4n) is 1.54. The predicted molar refractivity (Wildman–Crippen MR) is 78.6 cm³/mol. The Labute approximate surface area is 124 Å². The molecule has 1 amide bonds. The summed E-state index contributed by atoms with van der Waals surface area (Å²) in [4.78, 5) is 13.0. The molecule has 0 radical (unpaired) electrons. The van der Waals surface area contributed by atoms with Crippen molar-refractivity contribution in [1.82, 2.24) is 4.90 Å². The molecule has 2 rings (SSSR count). The molecule has 0 saturated carbocycles. The van der Waals surface area contributed by atoms with Crippen LogP contribution in [-0.4, -0.2) is 36.7 Å². The van der Waals surface area contributed by atoms with Gasteiger partial charge in [-0.05, 0) is 31.2 Å². The van der Waals surface area contributed by atoms with Gasteiger partial charge < -0.3 is 0 Å². The Balaban J connectivity index is 2.36. The highest BCUT2D eigenvalue weighted by molar-refractivity contribution is 9.10. The quantitative estimate of drug-likeness (QED) is 0.825. The lowest BCUT2D eigenvalue weighted by molar-refractivity contribution is -0.123. The predicted octanol–water partition coefficient (Wildman–Crippen LogP) is 2.09. The minimum atomic E-state index is -3.77. The number of thioether (sulfide) groups is 1. The van der Waals surface area contributed by atoms with Crippen LogP contribution in [0.3, 0.4) is 0 Å². The summed E-state index contributed by atoms with van der Waals surface area (Å²) in [5.74, 6) is 0.125. The first-order valence-electron chi connectivity index (χ1n) is 5.48. The highest BCUT2D eigenvalue weighted by Crippen LogP contribution is 2.23. The third-order valence-electron chi connectivity index (χ3n) is 2.48. The molecule has 1 saturated heterocycles. The molecule has 102 valence electrons. The van der Waals surface area contributed by atoms with Gasteiger partial charge in [-0.15, -0.1) is 4.40 Å². The summed E-state index contributed by atoms with van der Waals surface area (Å²) in [7, 11) is -3.77. The van der Waals surface area contributed by atoms with Crippen LogP contribution in [0, 0.1) is 0 Å². The minimum absolute atomic E-state index is 0.110. The van der Waals surface area contributed by atoms with Crippen LogP contribution in [0.15, 0.2) is 38.0 Å². The molecule has 0 unspecified atom stereocenters. The normalized spacial score (nSPS) is 18.3. The Kier molecular flexibility index (Phi) is 4.32. The van der Waals surface area contributed by atoms with Crippen molar-refractivity contribution < 1.29 is 13.2 Å². The number of benzene rings is 1. The van der Waals surface area contributed by atoms with Crippen molar-refractivity contribution in [1.29, 1.82) is 0 Å². The standard InChI is InChI=1S/C11H11BrN2O3S2/c1-2-14-10(15)7-18-11(14)13-19(16,17)9-5-3-8(12)4-6-9/h3-6H,2,7H2,1H3/b13-11-. The monoisotopic (exact) mass is 362 g/mol. The van der Waals surface area contributed by atoms with Crippen LogP contribution in [0.2, 0.25) is 0 Å². The van der Waals surface area contributed by atoms with Gasteiger partial charge in [0.15, 0.2) is 5.17 Å². The summed E-state index contributed by atoms with van der Waals surface area (Å²) in [6.45, 7) is 2.20. The third kappa shape index (κ3) is 3.18. The number of halogens is 1. The number of hydrogen-bond donors (Lipinski definition) is 0. The molecule has 0 bridgehead atoms. The first-order valence-corrected chi connectivity index (χ1v) is 8.69. The molecule has 0 atom stereocenters. The molecule has 1 fully saturated rings. The Hall–Kier alpha value is -0.860. The number of carbonyl (C=O) groups is 1. The SMILES string of the molecule is CCN1C(=O)CS/C1=N\S(=O)(=O)c1ccc(Br)cc1. The van der Waals surface area contributed by atoms with E-state index in [-0.39, 0.29) is 21.7 Å². The van der Waals surface area contributed by atoms with Crippen molar-refractivity contribution in [2.24, 2.45) is 4.40 Å². The van der Waals surface area contributed by atoms with E-state index in [0.29, 0.717) is 6.54 Å². The number of amides is 1. The molecule has 19 heavy (non-hydrogen) atoms. The van der Waals surface area contributed by atoms with Crippen molar-refractivity contribution in [2.45, 2.75) is 11.8 Å². The van der Waals surface area contributed by atoms with Gasteiger partial charge >= 0.3 is 0 Å². The van der Waals surface area contributed by atoms with Crippen LogP contribution in [0.5, 0.6) is 0 Å². The van der Waals surface area contributed by atoms with Gasteiger partial charge in [-0.25, -0.2) is 0 Å². The van der Waals surface area contributed by atoms with E-state index in [1.165, 1.54) is 17.0 Å². The molecule has 0 N–H and O–H groups in total. The third-order valence-corrected chi connectivity index (χ3v) is 5.37. The fraction of sp³-hybridized carbons (Fsp3) is 0.273. The van der Waals surface area contributed by atoms with Gasteiger partial charge in [0, 0.05) is 11.0 Å². The maximum atomic E-state index is 12.1. The zero-order valence-electron chi connectivity index (χ0n) is 10.0. The summed E-state index contributed by atoms with van der Waals surface area (Å²) < 4.78 is 28.8. The molecule has 1 aromatic carbocycles. The molecule has 0 spiro atoms. The molecular weight excluding hydrogens is 352 g/mol. The molecule has 8 heteroatoms. The number of carbonyl (C=O) groups excluding carboxylic acids is 1. The van der Waals surface area contributed by atoms with Gasteiger partial charge in [0.05, 0.1) is 10.6 Å².